The fourth-order valence-electron chi connectivity index (χ4n) is 1.88. The number of nitrogens with zero attached hydrogens (tertiary/aromatic N) is 2. The van der Waals surface area contributed by atoms with E-state index in [-0.39, 0.29) is 0 Å². The summed E-state index contributed by atoms with van der Waals surface area (Å²) in [5.41, 5.74) is 1.92. The maximum Gasteiger partial charge on any atom is 0.222 e. The maximum absolute atomic E-state index is 5.32. The lowest BCUT2D eigenvalue weighted by Crippen LogP contribution is -2.36. The van der Waals surface area contributed by atoms with Gasteiger partial charge in [0.15, 0.2) is 0 Å². The molecule has 92 valence electrons. The first kappa shape index (κ1) is 11.9. The summed E-state index contributed by atoms with van der Waals surface area (Å²) in [4.78, 5) is 6.73. The standard InChI is InChI=1S/C13H18N2O2/c1-10(2)11-4-5-12(14-13(11)16-3)15-6-8-17-9-7-15/h4-5H,1,6-9H2,2-3H3. The molecule has 1 fully saturated rings. The second kappa shape index (κ2) is 5.19. The molecule has 1 aromatic rings. The molecule has 1 saturated heterocycles. The predicted molar refractivity (Wildman–Crippen MR) is 68.5 cm³/mol. The Morgan fingerprint density at radius 3 is 2.71 bits per heavy atom. The number of aromatic nitrogens is 1. The van der Waals surface area contributed by atoms with Crippen LogP contribution in [0.15, 0.2) is 18.7 Å². The molecule has 0 atom stereocenters. The summed E-state index contributed by atoms with van der Waals surface area (Å²) < 4.78 is 10.6. The molecular weight excluding hydrogens is 216 g/mol. The predicted octanol–water partition coefficient (Wildman–Crippen LogP) is 1.96. The Balaban J connectivity index is 2.27. The summed E-state index contributed by atoms with van der Waals surface area (Å²) in [6.07, 6.45) is 0. The fraction of sp³-hybridized carbons (Fsp3) is 0.462. The lowest BCUT2D eigenvalue weighted by atomic mass is 10.1. The summed E-state index contributed by atoms with van der Waals surface area (Å²) in [6, 6.07) is 4.02. The Bertz CT molecular complexity index is 412. The van der Waals surface area contributed by atoms with Crippen molar-refractivity contribution in [2.24, 2.45) is 0 Å². The average molecular weight is 234 g/mol. The van der Waals surface area contributed by atoms with Gasteiger partial charge in [0.1, 0.15) is 5.82 Å². The summed E-state index contributed by atoms with van der Waals surface area (Å²) in [5.74, 6) is 1.58. The van der Waals surface area contributed by atoms with Crippen LogP contribution in [-0.2, 0) is 4.74 Å². The highest BCUT2D eigenvalue weighted by atomic mass is 16.5. The van der Waals surface area contributed by atoms with Gasteiger partial charge in [-0.3, -0.25) is 0 Å². The number of morpholine rings is 1. The van der Waals surface area contributed by atoms with Crippen LogP contribution in [0.4, 0.5) is 5.82 Å². The van der Waals surface area contributed by atoms with Crippen LogP contribution in [-0.4, -0.2) is 38.4 Å². The number of hydrogen-bond donors (Lipinski definition) is 0. The van der Waals surface area contributed by atoms with Crippen molar-refractivity contribution in [2.45, 2.75) is 6.92 Å². The van der Waals surface area contributed by atoms with Crippen molar-refractivity contribution in [3.05, 3.63) is 24.3 Å². The first-order valence-electron chi connectivity index (χ1n) is 5.76. The van der Waals surface area contributed by atoms with Gasteiger partial charge in [-0.1, -0.05) is 6.58 Å². The van der Waals surface area contributed by atoms with Gasteiger partial charge in [-0.2, -0.15) is 4.98 Å². The van der Waals surface area contributed by atoms with Crippen LogP contribution >= 0.6 is 0 Å². The third-order valence-corrected chi connectivity index (χ3v) is 2.83. The molecule has 0 spiro atoms. The summed E-state index contributed by atoms with van der Waals surface area (Å²) in [7, 11) is 1.64. The molecule has 0 N–H and O–H groups in total. The molecule has 0 aliphatic carbocycles. The summed E-state index contributed by atoms with van der Waals surface area (Å²) >= 11 is 0. The molecule has 4 heteroatoms. The molecule has 0 saturated carbocycles. The van der Waals surface area contributed by atoms with Crippen molar-refractivity contribution >= 4 is 11.4 Å². The molecule has 0 aromatic carbocycles. The van der Waals surface area contributed by atoms with Crippen LogP contribution in [0.25, 0.3) is 5.57 Å². The molecule has 4 nitrogen and oxygen atoms in total. The lowest BCUT2D eigenvalue weighted by molar-refractivity contribution is 0.122. The molecule has 2 rings (SSSR count). The summed E-state index contributed by atoms with van der Waals surface area (Å²) in [6.45, 7) is 9.14. The molecule has 17 heavy (non-hydrogen) atoms. The van der Waals surface area contributed by atoms with Crippen LogP contribution in [0.2, 0.25) is 0 Å². The molecule has 0 radical (unpaired) electrons. The minimum absolute atomic E-state index is 0.640. The third-order valence-electron chi connectivity index (χ3n) is 2.83. The number of rotatable bonds is 3. The molecule has 1 aliphatic heterocycles. The Kier molecular flexibility index (Phi) is 3.64. The number of methoxy groups -OCH3 is 1. The summed E-state index contributed by atoms with van der Waals surface area (Å²) in [5, 5.41) is 0. The number of ether oxygens (including phenoxy) is 2. The van der Waals surface area contributed by atoms with Crippen LogP contribution in [0.1, 0.15) is 12.5 Å². The van der Waals surface area contributed by atoms with Gasteiger partial charge in [0.05, 0.1) is 20.3 Å². The van der Waals surface area contributed by atoms with E-state index in [1.807, 2.05) is 19.1 Å². The molecule has 1 aromatic heterocycles. The number of allylic oxidation sites excluding steroid dienone is 1. The van der Waals surface area contributed by atoms with E-state index in [1.165, 1.54) is 0 Å². The Labute approximate surface area is 102 Å². The van der Waals surface area contributed by atoms with E-state index in [0.29, 0.717) is 5.88 Å². The van der Waals surface area contributed by atoms with Crippen molar-refractivity contribution in [1.29, 1.82) is 0 Å². The van der Waals surface area contributed by atoms with Crippen molar-refractivity contribution in [3.8, 4) is 5.88 Å². The monoisotopic (exact) mass is 234 g/mol. The molecule has 0 amide bonds. The van der Waals surface area contributed by atoms with E-state index < -0.39 is 0 Å². The SMILES string of the molecule is C=C(C)c1ccc(N2CCOCC2)nc1OC. The van der Waals surface area contributed by atoms with Gasteiger partial charge in [0, 0.05) is 18.7 Å². The van der Waals surface area contributed by atoms with Gasteiger partial charge in [0.2, 0.25) is 5.88 Å². The highest BCUT2D eigenvalue weighted by molar-refractivity contribution is 5.67. The fourth-order valence-corrected chi connectivity index (χ4v) is 1.88. The smallest absolute Gasteiger partial charge is 0.222 e. The zero-order valence-electron chi connectivity index (χ0n) is 10.4. The Morgan fingerprint density at radius 2 is 2.12 bits per heavy atom. The largest absolute Gasteiger partial charge is 0.481 e. The van der Waals surface area contributed by atoms with Crippen LogP contribution < -0.4 is 9.64 Å². The van der Waals surface area contributed by atoms with Gasteiger partial charge < -0.3 is 14.4 Å². The van der Waals surface area contributed by atoms with Crippen molar-refractivity contribution < 1.29 is 9.47 Å². The first-order valence-corrected chi connectivity index (χ1v) is 5.76. The molecule has 1 aliphatic rings. The van der Waals surface area contributed by atoms with Gasteiger partial charge in [0.25, 0.3) is 0 Å². The number of pyridine rings is 1. The number of anilines is 1. The van der Waals surface area contributed by atoms with Crippen LogP contribution in [0.3, 0.4) is 0 Å². The second-order valence-corrected chi connectivity index (χ2v) is 4.11. The molecule has 0 bridgehead atoms. The highest BCUT2D eigenvalue weighted by Crippen LogP contribution is 2.26. The van der Waals surface area contributed by atoms with E-state index in [0.717, 1.165) is 43.3 Å². The first-order chi connectivity index (χ1) is 8.22. The zero-order valence-corrected chi connectivity index (χ0v) is 10.4. The maximum atomic E-state index is 5.32. The minimum atomic E-state index is 0.640. The topological polar surface area (TPSA) is 34.6 Å². The molecule has 2 heterocycles. The quantitative estimate of drug-likeness (QED) is 0.800. The minimum Gasteiger partial charge on any atom is -0.481 e. The third kappa shape index (κ3) is 2.58. The van der Waals surface area contributed by atoms with Crippen molar-refractivity contribution in [1.82, 2.24) is 4.98 Å². The normalized spacial score (nSPS) is 15.8. The van der Waals surface area contributed by atoms with E-state index in [4.69, 9.17) is 9.47 Å². The lowest BCUT2D eigenvalue weighted by Gasteiger charge is -2.28. The van der Waals surface area contributed by atoms with Gasteiger partial charge >= 0.3 is 0 Å². The van der Waals surface area contributed by atoms with Gasteiger partial charge in [-0.15, -0.1) is 0 Å². The van der Waals surface area contributed by atoms with E-state index in [9.17, 15) is 0 Å². The van der Waals surface area contributed by atoms with Crippen LogP contribution in [0, 0.1) is 0 Å². The van der Waals surface area contributed by atoms with Crippen LogP contribution in [0.5, 0.6) is 5.88 Å². The molecular formula is C13H18N2O2. The van der Waals surface area contributed by atoms with E-state index in [1.54, 1.807) is 7.11 Å². The molecule has 0 unspecified atom stereocenters. The van der Waals surface area contributed by atoms with Crippen molar-refractivity contribution in [3.63, 3.8) is 0 Å². The van der Waals surface area contributed by atoms with E-state index in [2.05, 4.69) is 16.5 Å². The van der Waals surface area contributed by atoms with Gasteiger partial charge in [-0.05, 0) is 24.6 Å². The second-order valence-electron chi connectivity index (χ2n) is 4.11. The zero-order chi connectivity index (χ0) is 12.3. The highest BCUT2D eigenvalue weighted by Gasteiger charge is 2.14. The Morgan fingerprint density at radius 1 is 1.41 bits per heavy atom. The van der Waals surface area contributed by atoms with Gasteiger partial charge in [-0.25, -0.2) is 0 Å². The van der Waals surface area contributed by atoms with Crippen molar-refractivity contribution in [2.75, 3.05) is 38.3 Å². The number of hydrogen-bond acceptors (Lipinski definition) is 4. The van der Waals surface area contributed by atoms with E-state index >= 15 is 0 Å². The Hall–Kier alpha value is -1.55. The average Bonchev–Trinajstić information content (AvgIpc) is 2.39.